The Hall–Kier alpha value is -3.68. The number of hydrogen-bond donors (Lipinski definition) is 0. The van der Waals surface area contributed by atoms with E-state index in [0.717, 1.165) is 5.56 Å². The molecule has 8 heteroatoms. The van der Waals surface area contributed by atoms with E-state index in [-0.39, 0.29) is 30.1 Å². The van der Waals surface area contributed by atoms with Crippen molar-refractivity contribution in [1.82, 2.24) is 0 Å². The van der Waals surface area contributed by atoms with Gasteiger partial charge in [-0.25, -0.2) is 4.79 Å². The Morgan fingerprint density at radius 3 is 2.14 bits per heavy atom. The van der Waals surface area contributed by atoms with Gasteiger partial charge in [0.15, 0.2) is 18.1 Å². The van der Waals surface area contributed by atoms with Crippen LogP contribution in [0.3, 0.4) is 0 Å². The largest absolute Gasteiger partial charge is 0.573 e. The molecule has 3 aromatic rings. The van der Waals surface area contributed by atoms with Crippen LogP contribution in [0.15, 0.2) is 66.7 Å². The average Bonchev–Trinajstić information content (AvgIpc) is 2.77. The molecule has 186 valence electrons. The van der Waals surface area contributed by atoms with Gasteiger partial charge in [0.25, 0.3) is 0 Å². The lowest BCUT2D eigenvalue weighted by Gasteiger charge is -2.19. The Morgan fingerprint density at radius 1 is 0.829 bits per heavy atom. The van der Waals surface area contributed by atoms with Gasteiger partial charge in [0.05, 0.1) is 6.61 Å². The normalized spacial score (nSPS) is 11.6. The molecular formula is C27H27F3O5. The van der Waals surface area contributed by atoms with Crippen molar-refractivity contribution in [3.05, 3.63) is 72.3 Å². The van der Waals surface area contributed by atoms with Crippen LogP contribution >= 0.6 is 0 Å². The summed E-state index contributed by atoms with van der Waals surface area (Å²) < 4.78 is 58.5. The van der Waals surface area contributed by atoms with Gasteiger partial charge >= 0.3 is 12.3 Å². The molecule has 0 spiro atoms. The van der Waals surface area contributed by atoms with E-state index in [1.807, 2.05) is 24.3 Å². The van der Waals surface area contributed by atoms with E-state index in [2.05, 4.69) is 25.5 Å². The van der Waals surface area contributed by atoms with Gasteiger partial charge in [-0.15, -0.1) is 13.2 Å². The lowest BCUT2D eigenvalue weighted by Crippen LogP contribution is -2.17. The van der Waals surface area contributed by atoms with E-state index in [0.29, 0.717) is 22.6 Å². The smallest absolute Gasteiger partial charge is 0.478 e. The number of halogens is 3. The third-order valence-electron chi connectivity index (χ3n) is 4.94. The van der Waals surface area contributed by atoms with Crippen LogP contribution in [0.25, 0.3) is 11.1 Å². The van der Waals surface area contributed by atoms with E-state index in [1.54, 1.807) is 31.2 Å². The van der Waals surface area contributed by atoms with Crippen molar-refractivity contribution in [2.45, 2.75) is 39.5 Å². The predicted octanol–water partition coefficient (Wildman–Crippen LogP) is 7.28. The fourth-order valence-corrected chi connectivity index (χ4v) is 3.25. The molecule has 0 bridgehead atoms. The molecule has 0 saturated heterocycles. The summed E-state index contributed by atoms with van der Waals surface area (Å²) in [6, 6.07) is 18.1. The first-order chi connectivity index (χ1) is 16.4. The van der Waals surface area contributed by atoms with Crippen molar-refractivity contribution < 1.29 is 36.9 Å². The fourth-order valence-electron chi connectivity index (χ4n) is 3.25. The van der Waals surface area contributed by atoms with Gasteiger partial charge < -0.3 is 18.9 Å². The maximum absolute atomic E-state index is 12.6. The van der Waals surface area contributed by atoms with Gasteiger partial charge in [-0.3, -0.25) is 0 Å². The second kappa shape index (κ2) is 10.7. The highest BCUT2D eigenvalue weighted by Gasteiger charge is 2.31. The topological polar surface area (TPSA) is 54.0 Å². The molecule has 0 atom stereocenters. The molecule has 0 heterocycles. The molecule has 0 unspecified atom stereocenters. The van der Waals surface area contributed by atoms with E-state index >= 15 is 0 Å². The summed E-state index contributed by atoms with van der Waals surface area (Å²) in [5, 5.41) is 0. The van der Waals surface area contributed by atoms with Gasteiger partial charge in [0.2, 0.25) is 0 Å². The molecule has 0 fully saturated rings. The molecule has 0 aromatic heterocycles. The van der Waals surface area contributed by atoms with Crippen molar-refractivity contribution >= 4 is 5.97 Å². The molecule has 5 nitrogen and oxygen atoms in total. The van der Waals surface area contributed by atoms with E-state index in [1.165, 1.54) is 18.2 Å². The van der Waals surface area contributed by atoms with Gasteiger partial charge in [-0.1, -0.05) is 51.1 Å². The lowest BCUT2D eigenvalue weighted by atomic mass is 9.87. The first-order valence-corrected chi connectivity index (χ1v) is 11.0. The quantitative estimate of drug-likeness (QED) is 0.312. The molecule has 0 N–H and O–H groups in total. The summed E-state index contributed by atoms with van der Waals surface area (Å²) in [5.41, 5.74) is 2.14. The molecule has 0 aliphatic heterocycles. The van der Waals surface area contributed by atoms with Gasteiger partial charge in [0, 0.05) is 0 Å². The standard InChI is InChI=1S/C27H27F3O5/c1-5-32-25(31)17-33-24-16-19(18-7-6-8-22(15-18)35-27(28,29)30)9-14-23(24)34-21-12-10-20(11-13-21)26(2,3)4/h6-16H,5,17H2,1-4H3. The molecule has 3 rings (SSSR count). The number of benzene rings is 3. The first-order valence-electron chi connectivity index (χ1n) is 11.0. The molecule has 0 amide bonds. The van der Waals surface area contributed by atoms with Crippen LogP contribution in [0.5, 0.6) is 23.0 Å². The van der Waals surface area contributed by atoms with Crippen molar-refractivity contribution in [3.8, 4) is 34.1 Å². The molecule has 0 saturated carbocycles. The zero-order valence-corrected chi connectivity index (χ0v) is 19.9. The maximum Gasteiger partial charge on any atom is 0.573 e. The Morgan fingerprint density at radius 2 is 1.51 bits per heavy atom. The van der Waals surface area contributed by atoms with Crippen LogP contribution < -0.4 is 14.2 Å². The van der Waals surface area contributed by atoms with Crippen molar-refractivity contribution in [1.29, 1.82) is 0 Å². The Kier molecular flexibility index (Phi) is 7.94. The molecule has 0 radical (unpaired) electrons. The van der Waals surface area contributed by atoms with Gasteiger partial charge in [-0.2, -0.15) is 0 Å². The zero-order chi connectivity index (χ0) is 25.6. The summed E-state index contributed by atoms with van der Waals surface area (Å²) >= 11 is 0. The molecule has 35 heavy (non-hydrogen) atoms. The highest BCUT2D eigenvalue weighted by atomic mass is 19.4. The summed E-state index contributed by atoms with van der Waals surface area (Å²) in [7, 11) is 0. The molecule has 0 aliphatic carbocycles. The minimum atomic E-state index is -4.80. The predicted molar refractivity (Wildman–Crippen MR) is 126 cm³/mol. The third-order valence-corrected chi connectivity index (χ3v) is 4.94. The number of alkyl halides is 3. The number of esters is 1. The molecular weight excluding hydrogens is 461 g/mol. The Labute approximate surface area is 202 Å². The van der Waals surface area contributed by atoms with Crippen LogP contribution in [0.4, 0.5) is 13.2 Å². The minimum absolute atomic E-state index is 0.0154. The van der Waals surface area contributed by atoms with Gasteiger partial charge in [-0.05, 0) is 65.4 Å². The Bertz CT molecular complexity index is 1150. The maximum atomic E-state index is 12.6. The minimum Gasteiger partial charge on any atom is -0.478 e. The fraction of sp³-hybridized carbons (Fsp3) is 0.296. The lowest BCUT2D eigenvalue weighted by molar-refractivity contribution is -0.274. The Balaban J connectivity index is 1.91. The highest BCUT2D eigenvalue weighted by Crippen LogP contribution is 2.37. The summed E-state index contributed by atoms with van der Waals surface area (Å²) in [6.45, 7) is 7.86. The van der Waals surface area contributed by atoms with Crippen molar-refractivity contribution in [2.75, 3.05) is 13.2 Å². The van der Waals surface area contributed by atoms with Crippen LogP contribution in [0, 0.1) is 0 Å². The average molecular weight is 489 g/mol. The number of carbonyl (C=O) groups is 1. The van der Waals surface area contributed by atoms with Gasteiger partial charge in [0.1, 0.15) is 11.5 Å². The van der Waals surface area contributed by atoms with Crippen molar-refractivity contribution in [2.24, 2.45) is 0 Å². The summed E-state index contributed by atoms with van der Waals surface area (Å²) in [4.78, 5) is 11.8. The van der Waals surface area contributed by atoms with Crippen LogP contribution in [0.1, 0.15) is 33.3 Å². The number of carbonyl (C=O) groups excluding carboxylic acids is 1. The SMILES string of the molecule is CCOC(=O)COc1cc(-c2cccc(OC(F)(F)F)c2)ccc1Oc1ccc(C(C)(C)C)cc1. The van der Waals surface area contributed by atoms with E-state index in [4.69, 9.17) is 14.2 Å². The summed E-state index contributed by atoms with van der Waals surface area (Å²) in [6.07, 6.45) is -4.80. The van der Waals surface area contributed by atoms with Crippen LogP contribution in [-0.4, -0.2) is 25.5 Å². The number of ether oxygens (including phenoxy) is 4. The number of hydrogen-bond acceptors (Lipinski definition) is 5. The van der Waals surface area contributed by atoms with Crippen LogP contribution in [0.2, 0.25) is 0 Å². The van der Waals surface area contributed by atoms with E-state index < -0.39 is 12.3 Å². The van der Waals surface area contributed by atoms with E-state index in [9.17, 15) is 18.0 Å². The van der Waals surface area contributed by atoms with Crippen LogP contribution in [-0.2, 0) is 14.9 Å². The molecule has 0 aliphatic rings. The second-order valence-electron chi connectivity index (χ2n) is 8.71. The first kappa shape index (κ1) is 25.9. The third kappa shape index (κ3) is 7.67. The monoisotopic (exact) mass is 488 g/mol. The molecule has 3 aromatic carbocycles. The van der Waals surface area contributed by atoms with Crippen molar-refractivity contribution in [3.63, 3.8) is 0 Å². The zero-order valence-electron chi connectivity index (χ0n) is 19.9. The second-order valence-corrected chi connectivity index (χ2v) is 8.71. The number of rotatable bonds is 8. The summed E-state index contributed by atoms with van der Waals surface area (Å²) in [5.74, 6) is 0.233. The highest BCUT2D eigenvalue weighted by molar-refractivity contribution is 5.72.